The summed E-state index contributed by atoms with van der Waals surface area (Å²) in [5.74, 6) is -0.330. The molecule has 0 bridgehead atoms. The van der Waals surface area contributed by atoms with Gasteiger partial charge in [-0.15, -0.1) is 0 Å². The Bertz CT molecular complexity index is 944. The second-order valence-electron chi connectivity index (χ2n) is 5.86. The second kappa shape index (κ2) is 7.09. The minimum Gasteiger partial charge on any atom is -0.324 e. The van der Waals surface area contributed by atoms with Gasteiger partial charge in [0.25, 0.3) is 0 Å². The lowest BCUT2D eigenvalue weighted by atomic mass is 10.1. The highest BCUT2D eigenvalue weighted by Gasteiger charge is 2.09. The van der Waals surface area contributed by atoms with Gasteiger partial charge in [0.2, 0.25) is 5.91 Å². The molecular formula is C19H18N4O2. The van der Waals surface area contributed by atoms with Gasteiger partial charge in [0.05, 0.1) is 11.9 Å². The number of carbonyl (C=O) groups excluding carboxylic acids is 1. The molecule has 1 aromatic heterocycles. The fourth-order valence-electron chi connectivity index (χ4n) is 2.31. The highest BCUT2D eigenvalue weighted by atomic mass is 16.2. The summed E-state index contributed by atoms with van der Waals surface area (Å²) >= 11 is 0. The molecule has 0 aliphatic heterocycles. The number of amides is 1. The van der Waals surface area contributed by atoms with Crippen LogP contribution in [0.3, 0.4) is 0 Å². The van der Waals surface area contributed by atoms with E-state index in [1.165, 1.54) is 6.20 Å². The third-order valence-corrected chi connectivity index (χ3v) is 3.73. The van der Waals surface area contributed by atoms with Gasteiger partial charge in [-0.25, -0.2) is 9.48 Å². The van der Waals surface area contributed by atoms with Crippen LogP contribution in [0.25, 0.3) is 11.3 Å². The lowest BCUT2D eigenvalue weighted by Crippen LogP contribution is -2.31. The van der Waals surface area contributed by atoms with Crippen LogP contribution in [0.4, 0.5) is 5.69 Å². The predicted octanol–water partition coefficient (Wildman–Crippen LogP) is 2.56. The first-order valence-electron chi connectivity index (χ1n) is 7.89. The topological polar surface area (TPSA) is 76.9 Å². The molecule has 0 fully saturated rings. The molecule has 126 valence electrons. The maximum absolute atomic E-state index is 12.1. The molecule has 0 saturated carbocycles. The third kappa shape index (κ3) is 4.17. The first kappa shape index (κ1) is 16.6. The summed E-state index contributed by atoms with van der Waals surface area (Å²) < 4.78 is 1.04. The van der Waals surface area contributed by atoms with Crippen LogP contribution in [-0.2, 0) is 11.3 Å². The number of benzene rings is 2. The van der Waals surface area contributed by atoms with Crippen molar-refractivity contribution in [2.45, 2.75) is 20.4 Å². The van der Waals surface area contributed by atoms with Crippen molar-refractivity contribution in [1.82, 2.24) is 14.8 Å². The smallest absolute Gasteiger partial charge is 0.324 e. The van der Waals surface area contributed by atoms with E-state index in [4.69, 9.17) is 0 Å². The van der Waals surface area contributed by atoms with E-state index in [2.05, 4.69) is 15.4 Å². The molecule has 1 N–H and O–H groups in total. The summed E-state index contributed by atoms with van der Waals surface area (Å²) in [5.41, 5.74) is 3.64. The molecule has 0 radical (unpaired) electrons. The minimum atomic E-state index is -0.558. The Morgan fingerprint density at radius 1 is 1.00 bits per heavy atom. The van der Waals surface area contributed by atoms with Crippen molar-refractivity contribution in [2.75, 3.05) is 5.32 Å². The number of hydrogen-bond acceptors (Lipinski definition) is 4. The Kier molecular flexibility index (Phi) is 4.70. The molecule has 0 aliphatic rings. The van der Waals surface area contributed by atoms with Gasteiger partial charge in [-0.3, -0.25) is 4.79 Å². The van der Waals surface area contributed by atoms with Crippen LogP contribution in [-0.4, -0.2) is 20.7 Å². The van der Waals surface area contributed by atoms with Crippen LogP contribution in [0.2, 0.25) is 0 Å². The SMILES string of the molecule is Cc1ccc(NC(=O)Cn2ncc(-c3ccc(C)cc3)nc2=O)cc1. The average Bonchev–Trinajstić information content (AvgIpc) is 2.59. The summed E-state index contributed by atoms with van der Waals surface area (Å²) in [6, 6.07) is 15.1. The van der Waals surface area contributed by atoms with Gasteiger partial charge in [0.1, 0.15) is 6.54 Å². The van der Waals surface area contributed by atoms with Crippen molar-refractivity contribution >= 4 is 11.6 Å². The minimum absolute atomic E-state index is 0.187. The maximum atomic E-state index is 12.1. The predicted molar refractivity (Wildman–Crippen MR) is 96.3 cm³/mol. The largest absolute Gasteiger partial charge is 0.365 e. The van der Waals surface area contributed by atoms with Crippen molar-refractivity contribution in [3.8, 4) is 11.3 Å². The molecule has 0 aliphatic carbocycles. The number of hydrogen-bond donors (Lipinski definition) is 1. The van der Waals surface area contributed by atoms with Gasteiger partial charge in [0.15, 0.2) is 0 Å². The van der Waals surface area contributed by atoms with Crippen LogP contribution in [0.5, 0.6) is 0 Å². The van der Waals surface area contributed by atoms with Gasteiger partial charge in [0, 0.05) is 11.3 Å². The normalized spacial score (nSPS) is 10.5. The fourth-order valence-corrected chi connectivity index (χ4v) is 2.31. The molecule has 1 amide bonds. The van der Waals surface area contributed by atoms with E-state index in [0.717, 1.165) is 21.4 Å². The molecular weight excluding hydrogens is 316 g/mol. The lowest BCUT2D eigenvalue weighted by Gasteiger charge is -2.07. The van der Waals surface area contributed by atoms with Crippen molar-refractivity contribution in [2.24, 2.45) is 0 Å². The standard InChI is InChI=1S/C19H18N4O2/c1-13-3-7-15(8-4-13)17-11-20-23(19(25)22-17)12-18(24)21-16-9-5-14(2)6-10-16/h3-11H,12H2,1-2H3,(H,21,24). The Hall–Kier alpha value is -3.28. The number of aryl methyl sites for hydroxylation is 2. The maximum Gasteiger partial charge on any atom is 0.365 e. The Morgan fingerprint density at radius 3 is 2.20 bits per heavy atom. The quantitative estimate of drug-likeness (QED) is 0.795. The van der Waals surface area contributed by atoms with E-state index >= 15 is 0 Å². The number of nitrogens with zero attached hydrogens (tertiary/aromatic N) is 3. The summed E-state index contributed by atoms with van der Waals surface area (Å²) in [5, 5.41) is 6.78. The number of anilines is 1. The molecule has 25 heavy (non-hydrogen) atoms. The number of aromatic nitrogens is 3. The summed E-state index contributed by atoms with van der Waals surface area (Å²) in [6.45, 7) is 3.77. The summed E-state index contributed by atoms with van der Waals surface area (Å²) in [6.07, 6.45) is 1.49. The zero-order chi connectivity index (χ0) is 17.8. The van der Waals surface area contributed by atoms with E-state index in [9.17, 15) is 9.59 Å². The molecule has 3 aromatic rings. The molecule has 0 unspecified atom stereocenters. The zero-order valence-corrected chi connectivity index (χ0v) is 14.1. The monoisotopic (exact) mass is 334 g/mol. The lowest BCUT2D eigenvalue weighted by molar-refractivity contribution is -0.117. The van der Waals surface area contributed by atoms with Crippen LogP contribution in [0, 0.1) is 13.8 Å². The Labute approximate surface area is 145 Å². The molecule has 2 aromatic carbocycles. The Morgan fingerprint density at radius 2 is 1.60 bits per heavy atom. The van der Waals surface area contributed by atoms with E-state index < -0.39 is 5.69 Å². The first-order valence-corrected chi connectivity index (χ1v) is 7.89. The molecule has 0 spiro atoms. The van der Waals surface area contributed by atoms with E-state index in [0.29, 0.717) is 11.4 Å². The van der Waals surface area contributed by atoms with Gasteiger partial charge >= 0.3 is 5.69 Å². The zero-order valence-electron chi connectivity index (χ0n) is 14.1. The van der Waals surface area contributed by atoms with Crippen molar-refractivity contribution in [3.05, 3.63) is 76.3 Å². The third-order valence-electron chi connectivity index (χ3n) is 3.73. The van der Waals surface area contributed by atoms with Crippen molar-refractivity contribution in [3.63, 3.8) is 0 Å². The van der Waals surface area contributed by atoms with Crippen LogP contribution in [0.15, 0.2) is 59.5 Å². The molecule has 6 heteroatoms. The highest BCUT2D eigenvalue weighted by molar-refractivity contribution is 5.90. The van der Waals surface area contributed by atoms with E-state index in [1.54, 1.807) is 0 Å². The van der Waals surface area contributed by atoms with Crippen LogP contribution in [0.1, 0.15) is 11.1 Å². The van der Waals surface area contributed by atoms with Gasteiger partial charge in [-0.05, 0) is 26.0 Å². The average molecular weight is 334 g/mol. The second-order valence-corrected chi connectivity index (χ2v) is 5.86. The molecule has 1 heterocycles. The van der Waals surface area contributed by atoms with E-state index in [1.807, 2.05) is 62.4 Å². The van der Waals surface area contributed by atoms with E-state index in [-0.39, 0.29) is 12.5 Å². The number of rotatable bonds is 4. The molecule has 0 atom stereocenters. The first-order chi connectivity index (χ1) is 12.0. The van der Waals surface area contributed by atoms with Gasteiger partial charge in [-0.1, -0.05) is 47.5 Å². The van der Waals surface area contributed by atoms with Gasteiger partial charge < -0.3 is 5.32 Å². The van der Waals surface area contributed by atoms with Gasteiger partial charge in [-0.2, -0.15) is 10.1 Å². The summed E-state index contributed by atoms with van der Waals surface area (Å²) in [7, 11) is 0. The van der Waals surface area contributed by atoms with Crippen molar-refractivity contribution < 1.29 is 4.79 Å². The molecule has 3 rings (SSSR count). The number of carbonyl (C=O) groups is 1. The van der Waals surface area contributed by atoms with Crippen LogP contribution < -0.4 is 11.0 Å². The fraction of sp³-hybridized carbons (Fsp3) is 0.158. The van der Waals surface area contributed by atoms with Crippen molar-refractivity contribution in [1.29, 1.82) is 0 Å². The number of nitrogens with one attached hydrogen (secondary N) is 1. The molecule has 0 saturated heterocycles. The summed E-state index contributed by atoms with van der Waals surface area (Å²) in [4.78, 5) is 28.2. The molecule has 6 nitrogen and oxygen atoms in total. The van der Waals surface area contributed by atoms with Crippen LogP contribution >= 0.6 is 0 Å². The Balaban J connectivity index is 1.72. The highest BCUT2D eigenvalue weighted by Crippen LogP contribution is 2.14.